The number of amides is 2. The predicted molar refractivity (Wildman–Crippen MR) is 101 cm³/mol. The molecule has 0 spiro atoms. The zero-order chi connectivity index (χ0) is 20.2. The number of hydrogen-bond donors (Lipinski definition) is 2. The number of fused-ring (bicyclic) bond motifs is 1. The summed E-state index contributed by atoms with van der Waals surface area (Å²) in [5, 5.41) is 12.6. The Hall–Kier alpha value is -2.62. The van der Waals surface area contributed by atoms with E-state index in [1.54, 1.807) is 35.3 Å². The summed E-state index contributed by atoms with van der Waals surface area (Å²) in [5.74, 6) is 0.794. The fraction of sp³-hybridized carbons (Fsp3) is 0.500. The van der Waals surface area contributed by atoms with Crippen LogP contribution in [0.5, 0.6) is 11.5 Å². The maximum absolute atomic E-state index is 12.6. The van der Waals surface area contributed by atoms with Crippen LogP contribution in [0.15, 0.2) is 30.4 Å². The number of aliphatic hydroxyl groups is 1. The van der Waals surface area contributed by atoms with Crippen LogP contribution in [0, 0.1) is 0 Å². The second-order valence-electron chi connectivity index (χ2n) is 7.05. The second kappa shape index (κ2) is 8.81. The molecule has 2 N–H and O–H groups in total. The van der Waals surface area contributed by atoms with Gasteiger partial charge in [-0.1, -0.05) is 12.2 Å². The van der Waals surface area contributed by atoms with Crippen LogP contribution in [0.25, 0.3) is 0 Å². The van der Waals surface area contributed by atoms with Crippen LogP contribution in [0.2, 0.25) is 0 Å². The summed E-state index contributed by atoms with van der Waals surface area (Å²) in [6, 6.07) is 4.44. The number of rotatable bonds is 5. The van der Waals surface area contributed by atoms with Crippen LogP contribution < -0.4 is 14.8 Å². The first-order valence-electron chi connectivity index (χ1n) is 9.64. The third-order valence-electron chi connectivity index (χ3n) is 5.14. The van der Waals surface area contributed by atoms with E-state index in [-0.39, 0.29) is 31.6 Å². The highest BCUT2D eigenvalue weighted by molar-refractivity contribution is 5.95. The van der Waals surface area contributed by atoms with Crippen molar-refractivity contribution in [2.24, 2.45) is 0 Å². The van der Waals surface area contributed by atoms with Gasteiger partial charge in [-0.05, 0) is 18.2 Å². The molecule has 0 radical (unpaired) electrons. The molecule has 1 aromatic rings. The summed E-state index contributed by atoms with van der Waals surface area (Å²) in [7, 11) is 0. The number of carbonyl (C=O) groups is 2. The normalized spacial score (nSPS) is 25.7. The molecule has 9 nitrogen and oxygen atoms in total. The molecule has 3 atom stereocenters. The smallest absolute Gasteiger partial charge is 0.251 e. The van der Waals surface area contributed by atoms with Gasteiger partial charge in [-0.2, -0.15) is 0 Å². The molecule has 3 aliphatic heterocycles. The molecule has 156 valence electrons. The monoisotopic (exact) mass is 404 g/mol. The Bertz CT molecular complexity index is 791. The number of nitrogens with one attached hydrogen (secondary N) is 1. The van der Waals surface area contributed by atoms with Crippen molar-refractivity contribution < 1.29 is 33.6 Å². The van der Waals surface area contributed by atoms with E-state index < -0.39 is 18.2 Å². The first-order chi connectivity index (χ1) is 14.1. The highest BCUT2D eigenvalue weighted by Gasteiger charge is 2.30. The van der Waals surface area contributed by atoms with Crippen molar-refractivity contribution >= 4 is 11.8 Å². The third-order valence-corrected chi connectivity index (χ3v) is 5.14. The van der Waals surface area contributed by atoms with E-state index in [2.05, 4.69) is 5.32 Å². The van der Waals surface area contributed by atoms with Gasteiger partial charge in [-0.15, -0.1) is 0 Å². The molecule has 9 heteroatoms. The Morgan fingerprint density at radius 3 is 2.72 bits per heavy atom. The lowest BCUT2D eigenvalue weighted by Crippen LogP contribution is -2.49. The van der Waals surface area contributed by atoms with E-state index in [4.69, 9.17) is 18.9 Å². The Labute approximate surface area is 168 Å². The summed E-state index contributed by atoms with van der Waals surface area (Å²) < 4.78 is 21.7. The molecule has 3 heterocycles. The van der Waals surface area contributed by atoms with E-state index >= 15 is 0 Å². The number of carbonyl (C=O) groups excluding carboxylic acids is 2. The topological polar surface area (TPSA) is 107 Å². The van der Waals surface area contributed by atoms with Crippen LogP contribution in [0.3, 0.4) is 0 Å². The molecule has 0 unspecified atom stereocenters. The lowest BCUT2D eigenvalue weighted by molar-refractivity contribution is -0.139. The largest absolute Gasteiger partial charge is 0.454 e. The van der Waals surface area contributed by atoms with Crippen LogP contribution in [0.4, 0.5) is 0 Å². The van der Waals surface area contributed by atoms with E-state index in [0.717, 1.165) is 0 Å². The van der Waals surface area contributed by atoms with Gasteiger partial charge in [-0.25, -0.2) is 0 Å². The van der Waals surface area contributed by atoms with Gasteiger partial charge in [0.15, 0.2) is 11.5 Å². The van der Waals surface area contributed by atoms with Crippen LogP contribution in [-0.2, 0) is 14.3 Å². The molecule has 1 aromatic carbocycles. The maximum atomic E-state index is 12.6. The molecule has 1 saturated heterocycles. The number of benzene rings is 1. The molecule has 3 aliphatic rings. The Kier molecular flexibility index (Phi) is 5.98. The summed E-state index contributed by atoms with van der Waals surface area (Å²) in [4.78, 5) is 26.7. The molecule has 0 aliphatic carbocycles. The van der Waals surface area contributed by atoms with Crippen molar-refractivity contribution in [3.8, 4) is 11.5 Å². The SMILES string of the molecule is O=C(N[C@@H]1C=C[C@H](CC(=O)N2CCOCC2)O[C@H]1CO)c1ccc2c(c1)OCO2. The Morgan fingerprint density at radius 2 is 1.93 bits per heavy atom. The summed E-state index contributed by atoms with van der Waals surface area (Å²) >= 11 is 0. The van der Waals surface area contributed by atoms with Gasteiger partial charge in [0.1, 0.15) is 6.10 Å². The van der Waals surface area contributed by atoms with Crippen molar-refractivity contribution in [2.45, 2.75) is 24.7 Å². The van der Waals surface area contributed by atoms with Gasteiger partial charge < -0.3 is 34.3 Å². The first kappa shape index (κ1) is 19.7. The minimum atomic E-state index is -0.638. The fourth-order valence-corrected chi connectivity index (χ4v) is 3.52. The van der Waals surface area contributed by atoms with Crippen LogP contribution in [-0.4, -0.2) is 79.8 Å². The summed E-state index contributed by atoms with van der Waals surface area (Å²) in [5.41, 5.74) is 0.420. The third kappa shape index (κ3) is 4.52. The second-order valence-corrected chi connectivity index (χ2v) is 7.05. The van der Waals surface area contributed by atoms with Crippen molar-refractivity contribution in [1.82, 2.24) is 10.2 Å². The van der Waals surface area contributed by atoms with Gasteiger partial charge in [-0.3, -0.25) is 9.59 Å². The van der Waals surface area contributed by atoms with Crippen molar-refractivity contribution in [3.63, 3.8) is 0 Å². The molecule has 0 saturated carbocycles. The minimum absolute atomic E-state index is 0.0116. The standard InChI is InChI=1S/C20H24N2O7/c23-11-18-15(21-20(25)13-1-4-16-17(9-13)28-12-27-16)3-2-14(29-18)10-19(24)22-5-7-26-8-6-22/h1-4,9,14-15,18,23H,5-8,10-12H2,(H,21,25)/t14-,15-,18+/m1/s1. The number of ether oxygens (including phenoxy) is 4. The van der Waals surface area contributed by atoms with E-state index in [1.165, 1.54) is 0 Å². The van der Waals surface area contributed by atoms with Crippen molar-refractivity contribution in [1.29, 1.82) is 0 Å². The Balaban J connectivity index is 1.36. The molecule has 0 bridgehead atoms. The first-order valence-corrected chi connectivity index (χ1v) is 9.64. The molecular formula is C20H24N2O7. The zero-order valence-corrected chi connectivity index (χ0v) is 15.9. The van der Waals surface area contributed by atoms with Crippen molar-refractivity contribution in [2.75, 3.05) is 39.7 Å². The van der Waals surface area contributed by atoms with Crippen LogP contribution in [0.1, 0.15) is 16.8 Å². The number of morpholine rings is 1. The number of aliphatic hydroxyl groups excluding tert-OH is 1. The molecule has 29 heavy (non-hydrogen) atoms. The molecule has 1 fully saturated rings. The van der Waals surface area contributed by atoms with Gasteiger partial charge in [0.2, 0.25) is 12.7 Å². The molecule has 4 rings (SSSR count). The average Bonchev–Trinajstić information content (AvgIpc) is 3.23. The lowest BCUT2D eigenvalue weighted by Gasteiger charge is -2.33. The quantitative estimate of drug-likeness (QED) is 0.670. The molecule has 2 amide bonds. The average molecular weight is 404 g/mol. The van der Waals surface area contributed by atoms with Gasteiger partial charge in [0.25, 0.3) is 5.91 Å². The molecule has 0 aromatic heterocycles. The van der Waals surface area contributed by atoms with E-state index in [9.17, 15) is 14.7 Å². The van der Waals surface area contributed by atoms with E-state index in [1.807, 2.05) is 0 Å². The Morgan fingerprint density at radius 1 is 1.14 bits per heavy atom. The highest BCUT2D eigenvalue weighted by Crippen LogP contribution is 2.32. The fourth-order valence-electron chi connectivity index (χ4n) is 3.52. The van der Waals surface area contributed by atoms with Gasteiger partial charge >= 0.3 is 0 Å². The number of nitrogens with zero attached hydrogens (tertiary/aromatic N) is 1. The lowest BCUT2D eigenvalue weighted by atomic mass is 10.0. The highest BCUT2D eigenvalue weighted by atomic mass is 16.7. The predicted octanol–water partition coefficient (Wildman–Crippen LogP) is 0.0785. The minimum Gasteiger partial charge on any atom is -0.454 e. The zero-order valence-electron chi connectivity index (χ0n) is 15.9. The number of hydrogen-bond acceptors (Lipinski definition) is 7. The van der Waals surface area contributed by atoms with Gasteiger partial charge in [0.05, 0.1) is 38.4 Å². The van der Waals surface area contributed by atoms with E-state index in [0.29, 0.717) is 43.4 Å². The summed E-state index contributed by atoms with van der Waals surface area (Å²) in [6.07, 6.45) is 2.64. The van der Waals surface area contributed by atoms with Crippen molar-refractivity contribution in [3.05, 3.63) is 35.9 Å². The maximum Gasteiger partial charge on any atom is 0.251 e. The van der Waals surface area contributed by atoms with Gasteiger partial charge in [0, 0.05) is 18.7 Å². The molecular weight excluding hydrogens is 380 g/mol. The van der Waals surface area contributed by atoms with Crippen LogP contribution >= 0.6 is 0 Å². The summed E-state index contributed by atoms with van der Waals surface area (Å²) in [6.45, 7) is 2.09.